The quantitative estimate of drug-likeness (QED) is 0.203. The average molecular weight is 513 g/mol. The summed E-state index contributed by atoms with van der Waals surface area (Å²) < 4.78 is 58.9. The van der Waals surface area contributed by atoms with Crippen LogP contribution in [0.25, 0.3) is 28.2 Å². The van der Waals surface area contributed by atoms with Crippen molar-refractivity contribution in [3.63, 3.8) is 0 Å². The standard InChI is InChI=1S/C27H24F4N4O2/c1-37-25-13-18(24(36)12-16-2-3-16)6-9-20(25)23-15-33-26-22(32-11-10-27(29,30)31)14-21(34-35(23)26)17-4-7-19(28)8-5-17/h4-9,13-16,32H,2-3,10-12H2,1H3. The number of halogens is 4. The number of nitrogens with one attached hydrogen (secondary N) is 1. The number of ether oxygens (including phenoxy) is 1. The SMILES string of the molecule is COc1cc(C(=O)CC2CC2)ccc1-c1cnc2c(NCCC(F)(F)F)cc(-c3ccc(F)cc3)nn12. The summed E-state index contributed by atoms with van der Waals surface area (Å²) in [4.78, 5) is 17.0. The van der Waals surface area contributed by atoms with Crippen LogP contribution in [0.3, 0.4) is 0 Å². The Kier molecular flexibility index (Phi) is 6.57. The number of fused-ring (bicyclic) bond motifs is 1. The summed E-state index contributed by atoms with van der Waals surface area (Å²) in [6.45, 7) is -0.352. The molecule has 0 bridgehead atoms. The van der Waals surface area contributed by atoms with Crippen LogP contribution in [-0.2, 0) is 0 Å². The van der Waals surface area contributed by atoms with Crippen LogP contribution < -0.4 is 10.1 Å². The fraction of sp³-hybridized carbons (Fsp3) is 0.296. The van der Waals surface area contributed by atoms with E-state index in [1.807, 2.05) is 0 Å². The number of alkyl halides is 3. The predicted octanol–water partition coefficient (Wildman–Crippen LogP) is 6.56. The molecule has 2 heterocycles. The van der Waals surface area contributed by atoms with Gasteiger partial charge in [0.25, 0.3) is 0 Å². The molecular weight excluding hydrogens is 488 g/mol. The van der Waals surface area contributed by atoms with Gasteiger partial charge in [0.15, 0.2) is 11.4 Å². The highest BCUT2D eigenvalue weighted by Crippen LogP contribution is 2.36. The molecule has 1 aliphatic rings. The summed E-state index contributed by atoms with van der Waals surface area (Å²) in [6, 6.07) is 12.4. The van der Waals surface area contributed by atoms with E-state index in [2.05, 4.69) is 15.4 Å². The molecule has 0 amide bonds. The maximum absolute atomic E-state index is 13.5. The molecule has 1 aliphatic carbocycles. The minimum atomic E-state index is -4.32. The number of hydrogen-bond donors (Lipinski definition) is 1. The fourth-order valence-corrected chi connectivity index (χ4v) is 4.16. The van der Waals surface area contributed by atoms with E-state index in [1.54, 1.807) is 42.6 Å². The van der Waals surface area contributed by atoms with Gasteiger partial charge in [0.2, 0.25) is 0 Å². The Morgan fingerprint density at radius 1 is 1.14 bits per heavy atom. The van der Waals surface area contributed by atoms with Crippen LogP contribution in [0.1, 0.15) is 36.0 Å². The smallest absolute Gasteiger partial charge is 0.390 e. The number of rotatable bonds is 9. The normalized spacial score (nSPS) is 13.6. The Hall–Kier alpha value is -3.95. The van der Waals surface area contributed by atoms with Gasteiger partial charge in [-0.2, -0.15) is 18.3 Å². The summed E-state index contributed by atoms with van der Waals surface area (Å²) in [6.07, 6.45) is -1.13. The van der Waals surface area contributed by atoms with Gasteiger partial charge in [-0.25, -0.2) is 13.9 Å². The predicted molar refractivity (Wildman–Crippen MR) is 131 cm³/mol. The lowest BCUT2D eigenvalue weighted by atomic mass is 10.0. The molecule has 2 aromatic heterocycles. The summed E-state index contributed by atoms with van der Waals surface area (Å²) in [5, 5.41) is 7.47. The molecule has 1 fully saturated rings. The molecule has 10 heteroatoms. The fourth-order valence-electron chi connectivity index (χ4n) is 4.16. The summed E-state index contributed by atoms with van der Waals surface area (Å²) in [5.74, 6) is 0.536. The highest BCUT2D eigenvalue weighted by Gasteiger charge is 2.27. The van der Waals surface area contributed by atoms with Crippen molar-refractivity contribution in [3.8, 4) is 28.3 Å². The molecule has 0 spiro atoms. The summed E-state index contributed by atoms with van der Waals surface area (Å²) >= 11 is 0. The van der Waals surface area contributed by atoms with Gasteiger partial charge in [-0.05, 0) is 61.2 Å². The van der Waals surface area contributed by atoms with Crippen LogP contribution in [0.15, 0.2) is 54.7 Å². The largest absolute Gasteiger partial charge is 0.496 e. The zero-order valence-corrected chi connectivity index (χ0v) is 20.0. The van der Waals surface area contributed by atoms with E-state index in [4.69, 9.17) is 4.74 Å². The van der Waals surface area contributed by atoms with E-state index in [0.717, 1.165) is 12.8 Å². The van der Waals surface area contributed by atoms with Crippen molar-refractivity contribution < 1.29 is 27.1 Å². The Bertz CT molecular complexity index is 1440. The van der Waals surface area contributed by atoms with Gasteiger partial charge in [0.1, 0.15) is 11.6 Å². The highest BCUT2D eigenvalue weighted by molar-refractivity contribution is 5.97. The molecule has 5 rings (SSSR count). The molecular formula is C27H24F4N4O2. The molecule has 4 aromatic rings. The monoisotopic (exact) mass is 512 g/mol. The van der Waals surface area contributed by atoms with E-state index in [0.29, 0.717) is 57.5 Å². The first-order valence-electron chi connectivity index (χ1n) is 11.9. The number of carbonyl (C=O) groups excluding carboxylic acids is 1. The topological polar surface area (TPSA) is 68.5 Å². The Morgan fingerprint density at radius 3 is 2.57 bits per heavy atom. The van der Waals surface area contributed by atoms with E-state index in [-0.39, 0.29) is 12.3 Å². The molecule has 0 saturated heterocycles. The second-order valence-electron chi connectivity index (χ2n) is 9.11. The van der Waals surface area contributed by atoms with E-state index < -0.39 is 18.4 Å². The second kappa shape index (κ2) is 9.84. The van der Waals surface area contributed by atoms with Crippen LogP contribution in [0.5, 0.6) is 5.75 Å². The molecule has 6 nitrogen and oxygen atoms in total. The van der Waals surface area contributed by atoms with E-state index in [9.17, 15) is 22.4 Å². The molecule has 0 unspecified atom stereocenters. The van der Waals surface area contributed by atoms with Crippen molar-refractivity contribution in [1.82, 2.24) is 14.6 Å². The molecule has 37 heavy (non-hydrogen) atoms. The van der Waals surface area contributed by atoms with Crippen molar-refractivity contribution in [1.29, 1.82) is 0 Å². The molecule has 192 valence electrons. The Morgan fingerprint density at radius 2 is 1.89 bits per heavy atom. The summed E-state index contributed by atoms with van der Waals surface area (Å²) in [7, 11) is 1.50. The minimum Gasteiger partial charge on any atom is -0.496 e. The number of nitrogens with zero attached hydrogens (tertiary/aromatic N) is 3. The van der Waals surface area contributed by atoms with Crippen LogP contribution in [0.4, 0.5) is 23.2 Å². The van der Waals surface area contributed by atoms with Gasteiger partial charge >= 0.3 is 6.18 Å². The number of hydrogen-bond acceptors (Lipinski definition) is 5. The van der Waals surface area contributed by atoms with Crippen molar-refractivity contribution in [3.05, 3.63) is 66.1 Å². The van der Waals surface area contributed by atoms with Crippen LogP contribution in [0.2, 0.25) is 0 Å². The summed E-state index contributed by atoms with van der Waals surface area (Å²) in [5.41, 5.74) is 3.35. The van der Waals surface area contributed by atoms with Gasteiger partial charge < -0.3 is 10.1 Å². The van der Waals surface area contributed by atoms with Crippen molar-refractivity contribution in [2.45, 2.75) is 31.9 Å². The van der Waals surface area contributed by atoms with Gasteiger partial charge in [0, 0.05) is 29.7 Å². The first-order valence-corrected chi connectivity index (χ1v) is 11.9. The molecule has 0 radical (unpaired) electrons. The van der Waals surface area contributed by atoms with E-state index in [1.165, 1.54) is 23.8 Å². The lowest BCUT2D eigenvalue weighted by Crippen LogP contribution is -2.15. The zero-order valence-electron chi connectivity index (χ0n) is 20.0. The van der Waals surface area contributed by atoms with Crippen molar-refractivity contribution in [2.24, 2.45) is 5.92 Å². The molecule has 0 aliphatic heterocycles. The third-order valence-corrected chi connectivity index (χ3v) is 6.30. The first kappa shape index (κ1) is 24.7. The zero-order chi connectivity index (χ0) is 26.2. The second-order valence-corrected chi connectivity index (χ2v) is 9.11. The van der Waals surface area contributed by atoms with Crippen molar-refractivity contribution in [2.75, 3.05) is 19.0 Å². The van der Waals surface area contributed by atoms with Crippen LogP contribution in [-0.4, -0.2) is 40.2 Å². The number of ketones is 1. The number of Topliss-reactive ketones (excluding diaryl/α,β-unsaturated/α-hetero) is 1. The number of benzene rings is 2. The third kappa shape index (κ3) is 5.58. The Labute approximate surface area is 210 Å². The van der Waals surface area contributed by atoms with Gasteiger partial charge in [-0.15, -0.1) is 0 Å². The number of carbonyl (C=O) groups is 1. The molecule has 1 N–H and O–H groups in total. The number of imidazole rings is 1. The van der Waals surface area contributed by atoms with Gasteiger partial charge in [-0.1, -0.05) is 6.07 Å². The average Bonchev–Trinajstić information content (AvgIpc) is 3.58. The number of aromatic nitrogens is 3. The first-order chi connectivity index (χ1) is 17.7. The highest BCUT2D eigenvalue weighted by atomic mass is 19.4. The van der Waals surface area contributed by atoms with Gasteiger partial charge in [0.05, 0.1) is 36.8 Å². The van der Waals surface area contributed by atoms with Crippen molar-refractivity contribution >= 4 is 17.1 Å². The Balaban J connectivity index is 1.58. The lowest BCUT2D eigenvalue weighted by molar-refractivity contribution is -0.131. The van der Waals surface area contributed by atoms with Crippen LogP contribution in [0, 0.1) is 11.7 Å². The molecule has 1 saturated carbocycles. The maximum Gasteiger partial charge on any atom is 0.390 e. The number of methoxy groups -OCH3 is 1. The third-order valence-electron chi connectivity index (χ3n) is 6.30. The maximum atomic E-state index is 13.5. The van der Waals surface area contributed by atoms with Gasteiger partial charge in [-0.3, -0.25) is 4.79 Å². The lowest BCUT2D eigenvalue weighted by Gasteiger charge is -2.13. The number of anilines is 1. The van der Waals surface area contributed by atoms with E-state index >= 15 is 0 Å². The molecule has 2 aromatic carbocycles. The molecule has 0 atom stereocenters. The minimum absolute atomic E-state index is 0.0540. The van der Waals surface area contributed by atoms with Crippen LogP contribution >= 0.6 is 0 Å².